The fourth-order valence-electron chi connectivity index (χ4n) is 7.02. The van der Waals surface area contributed by atoms with Crippen LogP contribution in [-0.2, 0) is 14.3 Å². The Morgan fingerprint density at radius 1 is 0.449 bits per heavy atom. The number of hydrogen-bond donors (Lipinski definition) is 1. The molecule has 0 aliphatic carbocycles. The molecule has 0 fully saturated rings. The summed E-state index contributed by atoms with van der Waals surface area (Å²) in [5.41, 5.74) is 0. The van der Waals surface area contributed by atoms with Crippen molar-refractivity contribution in [1.29, 1.82) is 0 Å². The molecule has 0 heterocycles. The summed E-state index contributed by atoms with van der Waals surface area (Å²) in [7, 11) is 0. The first-order valence-electron chi connectivity index (χ1n) is 22.1. The molecule has 0 rings (SSSR count). The van der Waals surface area contributed by atoms with Crippen LogP contribution in [0.1, 0.15) is 239 Å². The second-order valence-corrected chi connectivity index (χ2v) is 15.2. The zero-order valence-electron chi connectivity index (χ0n) is 33.6. The minimum absolute atomic E-state index is 0.0252. The highest BCUT2D eigenvalue weighted by molar-refractivity contribution is 5.78. The van der Waals surface area contributed by atoms with Gasteiger partial charge in [-0.15, -0.1) is 0 Å². The molecule has 5 nitrogen and oxygen atoms in total. The third-order valence-electron chi connectivity index (χ3n) is 10.3. The fraction of sp³-hybridized carbons (Fsp3) is 0.955. The number of esters is 1. The Hall–Kier alpha value is -0.940. The van der Waals surface area contributed by atoms with E-state index in [4.69, 9.17) is 4.74 Å². The molecule has 0 spiro atoms. The molecule has 0 aliphatic heterocycles. The van der Waals surface area contributed by atoms with Crippen LogP contribution in [0.3, 0.4) is 0 Å². The number of carbonyl (C=O) groups is 2. The average Bonchev–Trinajstić information content (AvgIpc) is 3.09. The van der Waals surface area contributed by atoms with Gasteiger partial charge in [-0.3, -0.25) is 9.59 Å². The van der Waals surface area contributed by atoms with Crippen molar-refractivity contribution in [2.75, 3.05) is 26.2 Å². The number of aliphatic hydroxyl groups is 1. The van der Waals surface area contributed by atoms with E-state index in [0.717, 1.165) is 71.0 Å². The maximum Gasteiger partial charge on any atom is 0.306 e. The van der Waals surface area contributed by atoms with Crippen LogP contribution in [0.5, 0.6) is 0 Å². The first kappa shape index (κ1) is 48.1. The molecule has 0 amide bonds. The Morgan fingerprint density at radius 3 is 1.20 bits per heavy atom. The number of carbonyl (C=O) groups excluding carboxylic acids is 2. The van der Waals surface area contributed by atoms with E-state index in [0.29, 0.717) is 12.2 Å². The summed E-state index contributed by atoms with van der Waals surface area (Å²) < 4.78 is 5.93. The maximum atomic E-state index is 12.5. The first-order valence-corrected chi connectivity index (χ1v) is 22.1. The second-order valence-electron chi connectivity index (χ2n) is 15.2. The van der Waals surface area contributed by atoms with E-state index in [1.54, 1.807) is 0 Å². The summed E-state index contributed by atoms with van der Waals surface area (Å²) in [6, 6.07) is 0. The molecule has 0 unspecified atom stereocenters. The predicted molar refractivity (Wildman–Crippen MR) is 212 cm³/mol. The van der Waals surface area contributed by atoms with E-state index in [1.165, 1.54) is 161 Å². The number of nitrogens with zero attached hydrogens (tertiary/aromatic N) is 1. The number of hydrogen-bond acceptors (Lipinski definition) is 5. The smallest absolute Gasteiger partial charge is 0.306 e. The minimum Gasteiger partial charge on any atom is -0.462 e. The molecule has 0 bridgehead atoms. The van der Waals surface area contributed by atoms with Crippen molar-refractivity contribution in [3.63, 3.8) is 0 Å². The lowest BCUT2D eigenvalue weighted by molar-refractivity contribution is -0.150. The molecule has 0 aliphatic rings. The summed E-state index contributed by atoms with van der Waals surface area (Å²) in [4.78, 5) is 27.1. The largest absolute Gasteiger partial charge is 0.462 e. The SMILES string of the molecule is CCCCCCCCCC(=O)CCCCCCCCCN(CCO)CCCCCCCCCC(=O)OC(CCCCCC)CCCCCC. The van der Waals surface area contributed by atoms with Gasteiger partial charge in [-0.1, -0.05) is 162 Å². The van der Waals surface area contributed by atoms with Gasteiger partial charge in [0.1, 0.15) is 11.9 Å². The minimum atomic E-state index is 0.0252. The molecule has 1 N–H and O–H groups in total. The predicted octanol–water partition coefficient (Wildman–Crippen LogP) is 13.1. The third-order valence-corrected chi connectivity index (χ3v) is 10.3. The van der Waals surface area contributed by atoms with Crippen molar-refractivity contribution in [1.82, 2.24) is 4.90 Å². The summed E-state index contributed by atoms with van der Waals surface area (Å²) in [6.45, 7) is 9.98. The van der Waals surface area contributed by atoms with Crippen LogP contribution in [0.4, 0.5) is 0 Å². The highest BCUT2D eigenvalue weighted by Crippen LogP contribution is 2.18. The molecule has 0 saturated carbocycles. The highest BCUT2D eigenvalue weighted by Gasteiger charge is 2.14. The van der Waals surface area contributed by atoms with Crippen molar-refractivity contribution in [3.8, 4) is 0 Å². The molecule has 0 saturated heterocycles. The van der Waals surface area contributed by atoms with Gasteiger partial charge in [-0.05, 0) is 70.9 Å². The van der Waals surface area contributed by atoms with Crippen LogP contribution >= 0.6 is 0 Å². The van der Waals surface area contributed by atoms with Crippen molar-refractivity contribution >= 4 is 11.8 Å². The Balaban J connectivity index is 3.75. The topological polar surface area (TPSA) is 66.8 Å². The second kappa shape index (κ2) is 39.8. The Labute approximate surface area is 306 Å². The van der Waals surface area contributed by atoms with Crippen molar-refractivity contribution < 1.29 is 19.4 Å². The quantitative estimate of drug-likeness (QED) is 0.0510. The number of ether oxygens (including phenoxy) is 1. The summed E-state index contributed by atoms with van der Waals surface area (Å²) in [5, 5.41) is 9.53. The summed E-state index contributed by atoms with van der Waals surface area (Å²) in [6.07, 6.45) is 40.1. The molecule has 0 aromatic heterocycles. The van der Waals surface area contributed by atoms with Crippen molar-refractivity contribution in [3.05, 3.63) is 0 Å². The standard InChI is InChI=1S/C44H87NO4/c1-4-7-10-13-16-21-26-33-42(47)34-27-22-17-14-19-24-31-38-45(40-41-46)39-32-25-20-15-18-23-30-37-44(48)49-43(35-28-11-8-5-2)36-29-12-9-6-3/h43,46H,4-41H2,1-3H3. The normalized spacial score (nSPS) is 11.6. The maximum absolute atomic E-state index is 12.5. The van der Waals surface area contributed by atoms with Gasteiger partial charge in [-0.25, -0.2) is 0 Å². The van der Waals surface area contributed by atoms with Crippen LogP contribution in [0, 0.1) is 0 Å². The number of ketones is 1. The number of Topliss-reactive ketones (excluding diaryl/α,β-unsaturated/α-hetero) is 1. The van der Waals surface area contributed by atoms with Crippen LogP contribution in [0.2, 0.25) is 0 Å². The summed E-state index contributed by atoms with van der Waals surface area (Å²) >= 11 is 0. The molecule has 49 heavy (non-hydrogen) atoms. The van der Waals surface area contributed by atoms with Gasteiger partial charge in [0.15, 0.2) is 0 Å². The van der Waals surface area contributed by atoms with E-state index >= 15 is 0 Å². The van der Waals surface area contributed by atoms with Gasteiger partial charge in [0, 0.05) is 25.8 Å². The Kier molecular flexibility index (Phi) is 39.1. The zero-order valence-corrected chi connectivity index (χ0v) is 33.6. The molecular formula is C44H87NO4. The molecule has 0 aromatic carbocycles. The van der Waals surface area contributed by atoms with E-state index in [9.17, 15) is 14.7 Å². The number of unbranched alkanes of at least 4 members (excludes halogenated alkanes) is 24. The van der Waals surface area contributed by atoms with Gasteiger partial charge in [0.25, 0.3) is 0 Å². The first-order chi connectivity index (χ1) is 24.1. The molecular weight excluding hydrogens is 606 g/mol. The number of aliphatic hydroxyl groups excluding tert-OH is 1. The van der Waals surface area contributed by atoms with Gasteiger partial charge < -0.3 is 14.7 Å². The molecule has 0 aromatic rings. The van der Waals surface area contributed by atoms with Gasteiger partial charge in [-0.2, -0.15) is 0 Å². The molecule has 0 radical (unpaired) electrons. The zero-order chi connectivity index (χ0) is 35.9. The van der Waals surface area contributed by atoms with Crippen LogP contribution in [-0.4, -0.2) is 54.1 Å². The van der Waals surface area contributed by atoms with E-state index in [2.05, 4.69) is 25.7 Å². The van der Waals surface area contributed by atoms with Crippen LogP contribution in [0.15, 0.2) is 0 Å². The van der Waals surface area contributed by atoms with E-state index in [-0.39, 0.29) is 18.7 Å². The third kappa shape index (κ3) is 36.6. The van der Waals surface area contributed by atoms with E-state index in [1.807, 2.05) is 0 Å². The fourth-order valence-corrected chi connectivity index (χ4v) is 7.02. The lowest BCUT2D eigenvalue weighted by atomic mass is 10.0. The Morgan fingerprint density at radius 2 is 0.796 bits per heavy atom. The number of rotatable bonds is 41. The van der Waals surface area contributed by atoms with Crippen molar-refractivity contribution in [2.24, 2.45) is 0 Å². The molecule has 292 valence electrons. The van der Waals surface area contributed by atoms with Gasteiger partial charge >= 0.3 is 5.97 Å². The average molecular weight is 694 g/mol. The monoisotopic (exact) mass is 694 g/mol. The van der Waals surface area contributed by atoms with Gasteiger partial charge in [0.2, 0.25) is 0 Å². The molecule has 5 heteroatoms. The molecule has 0 atom stereocenters. The highest BCUT2D eigenvalue weighted by atomic mass is 16.5. The van der Waals surface area contributed by atoms with Crippen LogP contribution in [0.25, 0.3) is 0 Å². The van der Waals surface area contributed by atoms with Crippen LogP contribution < -0.4 is 0 Å². The van der Waals surface area contributed by atoms with E-state index < -0.39 is 0 Å². The van der Waals surface area contributed by atoms with Crippen molar-refractivity contribution in [2.45, 2.75) is 245 Å². The lowest BCUT2D eigenvalue weighted by Gasteiger charge is -2.21. The summed E-state index contributed by atoms with van der Waals surface area (Å²) in [5.74, 6) is 0.508. The lowest BCUT2D eigenvalue weighted by Crippen LogP contribution is -2.29. The van der Waals surface area contributed by atoms with Gasteiger partial charge in [0.05, 0.1) is 6.61 Å². The Bertz CT molecular complexity index is 672.